The van der Waals surface area contributed by atoms with Gasteiger partial charge in [0.2, 0.25) is 0 Å². The van der Waals surface area contributed by atoms with E-state index in [0.29, 0.717) is 6.42 Å². The molecule has 0 aromatic rings. The Morgan fingerprint density at radius 3 is 2.37 bits per heavy atom. The van der Waals surface area contributed by atoms with Crippen molar-refractivity contribution >= 4 is 23.9 Å². The molecule has 1 rings (SSSR count). The Morgan fingerprint density at radius 2 is 1.70 bits per heavy atom. The highest BCUT2D eigenvalue weighted by Gasteiger charge is 2.46. The number of ether oxygens (including phenoxy) is 4. The average molecular weight is 424 g/mol. The van der Waals surface area contributed by atoms with Crippen molar-refractivity contribution in [1.29, 1.82) is 0 Å². The normalized spacial score (nSPS) is 18.8. The molecule has 0 saturated carbocycles. The molecule has 8 heteroatoms. The van der Waals surface area contributed by atoms with Crippen molar-refractivity contribution in [3.8, 4) is 0 Å². The third kappa shape index (κ3) is 8.80. The van der Waals surface area contributed by atoms with Gasteiger partial charge in [-0.15, -0.1) is 0 Å². The van der Waals surface area contributed by atoms with Crippen LogP contribution in [0.2, 0.25) is 0 Å². The quantitative estimate of drug-likeness (QED) is 0.249. The highest BCUT2D eigenvalue weighted by Crippen LogP contribution is 2.30. The molecule has 1 fully saturated rings. The number of hydrogen-bond acceptors (Lipinski definition) is 8. The topological polar surface area (TPSA) is 105 Å². The molecule has 1 unspecified atom stereocenters. The van der Waals surface area contributed by atoms with Crippen molar-refractivity contribution in [3.05, 3.63) is 24.3 Å². The lowest BCUT2D eigenvalue weighted by Gasteiger charge is -2.29. The molecule has 8 nitrogen and oxygen atoms in total. The van der Waals surface area contributed by atoms with E-state index < -0.39 is 36.3 Å². The molecule has 30 heavy (non-hydrogen) atoms. The first-order valence-electron chi connectivity index (χ1n) is 10.4. The molecule has 0 spiro atoms. The van der Waals surface area contributed by atoms with E-state index in [9.17, 15) is 19.2 Å². The fourth-order valence-electron chi connectivity index (χ4n) is 2.73. The Labute approximate surface area is 177 Å². The fourth-order valence-corrected chi connectivity index (χ4v) is 2.73. The lowest BCUT2D eigenvalue weighted by Crippen LogP contribution is -2.43. The summed E-state index contributed by atoms with van der Waals surface area (Å²) < 4.78 is 20.7. The zero-order valence-corrected chi connectivity index (χ0v) is 18.0. The lowest BCUT2D eigenvalue weighted by atomic mass is 10.1. The minimum absolute atomic E-state index is 0.0221. The van der Waals surface area contributed by atoms with Crippen LogP contribution < -0.4 is 0 Å². The Balaban J connectivity index is 2.71. The zero-order valence-electron chi connectivity index (χ0n) is 18.0. The maximum atomic E-state index is 12.4. The van der Waals surface area contributed by atoms with Gasteiger partial charge >= 0.3 is 29.9 Å². The summed E-state index contributed by atoms with van der Waals surface area (Å²) in [4.78, 5) is 48.4. The van der Waals surface area contributed by atoms with E-state index in [-0.39, 0.29) is 30.6 Å². The van der Waals surface area contributed by atoms with Gasteiger partial charge in [-0.05, 0) is 12.8 Å². The van der Waals surface area contributed by atoms with Crippen LogP contribution in [0.3, 0.4) is 0 Å². The van der Waals surface area contributed by atoms with Crippen LogP contribution in [0.5, 0.6) is 0 Å². The van der Waals surface area contributed by atoms with Crippen molar-refractivity contribution in [2.24, 2.45) is 0 Å². The van der Waals surface area contributed by atoms with Crippen LogP contribution in [0.15, 0.2) is 24.3 Å². The van der Waals surface area contributed by atoms with Crippen LogP contribution >= 0.6 is 0 Å². The number of rotatable bonds is 13. The number of cyclic esters (lactones) is 2. The van der Waals surface area contributed by atoms with E-state index in [4.69, 9.17) is 18.9 Å². The summed E-state index contributed by atoms with van der Waals surface area (Å²) in [5.74, 6) is -5.47. The molecule has 0 N–H and O–H groups in total. The number of carbonyl (C=O) groups excluding carboxylic acids is 4. The van der Waals surface area contributed by atoms with Gasteiger partial charge in [0.1, 0.15) is 0 Å². The van der Waals surface area contributed by atoms with E-state index in [1.54, 1.807) is 0 Å². The lowest BCUT2D eigenvalue weighted by molar-refractivity contribution is -0.328. The van der Waals surface area contributed by atoms with Gasteiger partial charge in [-0.3, -0.25) is 9.59 Å². The van der Waals surface area contributed by atoms with E-state index in [1.807, 2.05) is 6.92 Å². The predicted molar refractivity (Wildman–Crippen MR) is 108 cm³/mol. The second kappa shape index (κ2) is 12.8. The van der Waals surface area contributed by atoms with Crippen LogP contribution in [-0.2, 0) is 38.1 Å². The molecule has 1 aliphatic rings. The Kier molecular flexibility index (Phi) is 10.9. The van der Waals surface area contributed by atoms with Crippen molar-refractivity contribution in [3.63, 3.8) is 0 Å². The highest BCUT2D eigenvalue weighted by molar-refractivity contribution is 5.95. The van der Waals surface area contributed by atoms with Crippen LogP contribution in [0.25, 0.3) is 0 Å². The van der Waals surface area contributed by atoms with E-state index in [2.05, 4.69) is 20.1 Å². The third-order valence-corrected chi connectivity index (χ3v) is 4.40. The molecule has 0 aromatic heterocycles. The minimum atomic E-state index is -2.18. The van der Waals surface area contributed by atoms with Crippen molar-refractivity contribution in [2.45, 2.75) is 84.0 Å². The molecular weight excluding hydrogens is 392 g/mol. The summed E-state index contributed by atoms with van der Waals surface area (Å²) in [5, 5.41) is 0. The molecule has 0 bridgehead atoms. The van der Waals surface area contributed by atoms with E-state index >= 15 is 0 Å². The molecule has 1 atom stereocenters. The first-order chi connectivity index (χ1) is 14.2. The van der Waals surface area contributed by atoms with Crippen LogP contribution in [0.1, 0.15) is 78.1 Å². The smallest absolute Gasteiger partial charge is 0.423 e. The Morgan fingerprint density at radius 1 is 1.03 bits per heavy atom. The number of esters is 4. The monoisotopic (exact) mass is 424 g/mol. The molecule has 1 aliphatic heterocycles. The standard InChI is InChI=1S/C22H32O8/c1-5-7-9-11-13-27-20(25)16(3)14-18(23)28-22(12-10-8-6-2)29-19(24)15-17(4)21(26)30-22/h3-15H2,1-2H3. The molecule has 0 aliphatic carbocycles. The maximum Gasteiger partial charge on any atom is 0.423 e. The number of carbonyl (C=O) groups is 4. The zero-order chi connectivity index (χ0) is 22.6. The molecular formula is C22H32O8. The van der Waals surface area contributed by atoms with E-state index in [1.165, 1.54) is 0 Å². The Hall–Kier alpha value is -2.64. The van der Waals surface area contributed by atoms with Crippen LogP contribution in [-0.4, -0.2) is 36.5 Å². The van der Waals surface area contributed by atoms with E-state index in [0.717, 1.165) is 38.5 Å². The van der Waals surface area contributed by atoms with Gasteiger partial charge in [-0.1, -0.05) is 59.1 Å². The van der Waals surface area contributed by atoms with Gasteiger partial charge < -0.3 is 18.9 Å². The van der Waals surface area contributed by atoms with Gasteiger partial charge in [-0.25, -0.2) is 9.59 Å². The van der Waals surface area contributed by atoms with Crippen LogP contribution in [0, 0.1) is 0 Å². The summed E-state index contributed by atoms with van der Waals surface area (Å²) in [7, 11) is 0. The first-order valence-corrected chi connectivity index (χ1v) is 10.4. The summed E-state index contributed by atoms with van der Waals surface area (Å²) in [6.07, 6.45) is 5.00. The summed E-state index contributed by atoms with van der Waals surface area (Å²) in [6, 6.07) is 0. The van der Waals surface area contributed by atoms with Crippen molar-refractivity contribution < 1.29 is 38.1 Å². The molecule has 1 saturated heterocycles. The van der Waals surface area contributed by atoms with Gasteiger partial charge in [0.15, 0.2) is 0 Å². The largest absolute Gasteiger partial charge is 0.462 e. The second-order valence-electron chi connectivity index (χ2n) is 7.24. The fraction of sp³-hybridized carbons (Fsp3) is 0.636. The maximum absolute atomic E-state index is 12.4. The summed E-state index contributed by atoms with van der Waals surface area (Å²) in [6.45, 7) is 11.3. The van der Waals surface area contributed by atoms with Crippen LogP contribution in [0.4, 0.5) is 0 Å². The number of unbranched alkanes of at least 4 members (excludes halogenated alkanes) is 5. The molecule has 168 valence electrons. The minimum Gasteiger partial charge on any atom is -0.462 e. The average Bonchev–Trinajstić information content (AvgIpc) is 2.76. The Bertz CT molecular complexity index is 666. The molecule has 0 aromatic carbocycles. The summed E-state index contributed by atoms with van der Waals surface area (Å²) >= 11 is 0. The van der Waals surface area contributed by atoms with Gasteiger partial charge in [0, 0.05) is 11.1 Å². The molecule has 0 radical (unpaired) electrons. The molecule has 0 amide bonds. The van der Waals surface area contributed by atoms with Gasteiger partial charge in [-0.2, -0.15) is 0 Å². The third-order valence-electron chi connectivity index (χ3n) is 4.40. The first kappa shape index (κ1) is 25.4. The van der Waals surface area contributed by atoms with Crippen molar-refractivity contribution in [2.75, 3.05) is 6.61 Å². The number of hydrogen-bond donors (Lipinski definition) is 0. The summed E-state index contributed by atoms with van der Waals surface area (Å²) in [5.41, 5.74) is -0.195. The SMILES string of the molecule is C=C(CC(=O)OC1(CCCCC)OC(=O)CC(=C)C(=O)O1)C(=O)OCCCCCC. The predicted octanol–water partition coefficient (Wildman–Crippen LogP) is 3.88. The second-order valence-corrected chi connectivity index (χ2v) is 7.24. The van der Waals surface area contributed by atoms with Crippen molar-refractivity contribution in [1.82, 2.24) is 0 Å². The highest BCUT2D eigenvalue weighted by atomic mass is 16.9. The van der Waals surface area contributed by atoms with Gasteiger partial charge in [0.05, 0.1) is 25.9 Å². The van der Waals surface area contributed by atoms with Gasteiger partial charge in [0.25, 0.3) is 0 Å². The molecule has 1 heterocycles.